The number of anilines is 1. The molecular formula is C21H22BrClN4O2S. The van der Waals surface area contributed by atoms with Crippen molar-refractivity contribution in [2.24, 2.45) is 0 Å². The maximum atomic E-state index is 12.5. The first-order chi connectivity index (χ1) is 14.4. The number of carbonyl (C=O) groups is 1. The molecule has 0 aliphatic rings. The molecule has 0 unspecified atom stereocenters. The maximum absolute atomic E-state index is 12.5. The zero-order valence-electron chi connectivity index (χ0n) is 16.9. The zero-order chi connectivity index (χ0) is 21.7. The molecule has 1 aromatic heterocycles. The highest BCUT2D eigenvalue weighted by Crippen LogP contribution is 2.27. The standard InChI is InChI=1S/C21H22BrClN4O2S/c1-4-27-18(11-29-17-8-6-5-7-16(17)23)25-26-21(27)30-12-19(28)24-20-13(2)9-15(22)10-14(20)3/h5-10H,4,11-12H2,1-3H3,(H,24,28). The van der Waals surface area contributed by atoms with Crippen LogP contribution in [-0.2, 0) is 17.9 Å². The van der Waals surface area contributed by atoms with E-state index in [-0.39, 0.29) is 18.3 Å². The summed E-state index contributed by atoms with van der Waals surface area (Å²) in [5, 5.41) is 12.7. The maximum Gasteiger partial charge on any atom is 0.234 e. The van der Waals surface area contributed by atoms with Gasteiger partial charge in [-0.1, -0.05) is 51.4 Å². The van der Waals surface area contributed by atoms with E-state index in [1.165, 1.54) is 11.8 Å². The molecule has 0 radical (unpaired) electrons. The average Bonchev–Trinajstić information content (AvgIpc) is 3.10. The molecule has 0 bridgehead atoms. The Bertz CT molecular complexity index is 1030. The van der Waals surface area contributed by atoms with E-state index in [2.05, 4.69) is 31.4 Å². The van der Waals surface area contributed by atoms with Crippen LogP contribution in [0.3, 0.4) is 0 Å². The van der Waals surface area contributed by atoms with Gasteiger partial charge < -0.3 is 14.6 Å². The molecule has 0 saturated carbocycles. The Hall–Kier alpha value is -2.03. The minimum Gasteiger partial charge on any atom is -0.484 e. The summed E-state index contributed by atoms with van der Waals surface area (Å²) in [6.07, 6.45) is 0. The third-order valence-electron chi connectivity index (χ3n) is 4.40. The van der Waals surface area contributed by atoms with Gasteiger partial charge in [0.1, 0.15) is 12.4 Å². The van der Waals surface area contributed by atoms with Gasteiger partial charge in [0.2, 0.25) is 5.91 Å². The fraction of sp³-hybridized carbons (Fsp3) is 0.286. The van der Waals surface area contributed by atoms with Gasteiger partial charge in [-0.15, -0.1) is 10.2 Å². The van der Waals surface area contributed by atoms with Crippen molar-refractivity contribution in [1.29, 1.82) is 0 Å². The lowest BCUT2D eigenvalue weighted by atomic mass is 10.1. The van der Waals surface area contributed by atoms with E-state index in [1.807, 2.05) is 49.6 Å². The van der Waals surface area contributed by atoms with Gasteiger partial charge in [0.25, 0.3) is 0 Å². The summed E-state index contributed by atoms with van der Waals surface area (Å²) in [5.41, 5.74) is 2.86. The Labute approximate surface area is 193 Å². The van der Waals surface area contributed by atoms with Crippen LogP contribution in [0.4, 0.5) is 5.69 Å². The molecule has 1 amide bonds. The molecule has 0 aliphatic heterocycles. The van der Waals surface area contributed by atoms with Gasteiger partial charge in [-0.25, -0.2) is 0 Å². The summed E-state index contributed by atoms with van der Waals surface area (Å²) in [7, 11) is 0. The van der Waals surface area contributed by atoms with E-state index >= 15 is 0 Å². The van der Waals surface area contributed by atoms with Crippen LogP contribution in [0, 0.1) is 13.8 Å². The summed E-state index contributed by atoms with van der Waals surface area (Å²) < 4.78 is 8.70. The van der Waals surface area contributed by atoms with Crippen LogP contribution in [0.2, 0.25) is 5.02 Å². The van der Waals surface area contributed by atoms with Crippen molar-refractivity contribution in [2.75, 3.05) is 11.1 Å². The fourth-order valence-electron chi connectivity index (χ4n) is 2.97. The quantitative estimate of drug-likeness (QED) is 0.398. The lowest BCUT2D eigenvalue weighted by Crippen LogP contribution is -2.16. The number of hydrogen-bond donors (Lipinski definition) is 1. The number of carbonyl (C=O) groups excluding carboxylic acids is 1. The average molecular weight is 510 g/mol. The number of hydrogen-bond acceptors (Lipinski definition) is 5. The van der Waals surface area contributed by atoms with Gasteiger partial charge >= 0.3 is 0 Å². The van der Waals surface area contributed by atoms with Crippen LogP contribution in [0.15, 0.2) is 46.0 Å². The van der Waals surface area contributed by atoms with Crippen LogP contribution < -0.4 is 10.1 Å². The highest BCUT2D eigenvalue weighted by molar-refractivity contribution is 9.10. The Balaban J connectivity index is 1.62. The number of aromatic nitrogens is 3. The Morgan fingerprint density at radius 2 is 1.93 bits per heavy atom. The van der Waals surface area contributed by atoms with Crippen molar-refractivity contribution in [3.63, 3.8) is 0 Å². The molecule has 158 valence electrons. The molecule has 30 heavy (non-hydrogen) atoms. The Morgan fingerprint density at radius 1 is 1.23 bits per heavy atom. The van der Waals surface area contributed by atoms with E-state index in [0.29, 0.717) is 28.3 Å². The second-order valence-corrected chi connectivity index (χ2v) is 8.88. The fourth-order valence-corrected chi connectivity index (χ4v) is 4.67. The second-order valence-electron chi connectivity index (χ2n) is 6.61. The molecule has 1 N–H and O–H groups in total. The van der Waals surface area contributed by atoms with E-state index in [9.17, 15) is 4.79 Å². The minimum atomic E-state index is -0.0898. The van der Waals surface area contributed by atoms with Gasteiger partial charge in [0.05, 0.1) is 10.8 Å². The number of benzene rings is 2. The van der Waals surface area contributed by atoms with Gasteiger partial charge in [0.15, 0.2) is 11.0 Å². The monoisotopic (exact) mass is 508 g/mol. The highest BCUT2D eigenvalue weighted by atomic mass is 79.9. The second kappa shape index (κ2) is 10.3. The number of amides is 1. The number of rotatable bonds is 8. The number of nitrogens with zero attached hydrogens (tertiary/aromatic N) is 3. The molecule has 6 nitrogen and oxygen atoms in total. The first kappa shape index (κ1) is 22.7. The summed E-state index contributed by atoms with van der Waals surface area (Å²) in [4.78, 5) is 12.5. The van der Waals surface area contributed by atoms with Crippen LogP contribution >= 0.6 is 39.3 Å². The summed E-state index contributed by atoms with van der Waals surface area (Å²) >= 11 is 11.0. The number of nitrogens with one attached hydrogen (secondary N) is 1. The largest absolute Gasteiger partial charge is 0.484 e. The van der Waals surface area contributed by atoms with Crippen molar-refractivity contribution in [3.8, 4) is 5.75 Å². The molecule has 3 aromatic rings. The van der Waals surface area contributed by atoms with Crippen molar-refractivity contribution in [2.45, 2.75) is 39.1 Å². The Morgan fingerprint density at radius 3 is 2.60 bits per heavy atom. The molecule has 2 aromatic carbocycles. The predicted octanol–water partition coefficient (Wildman–Crippen LogP) is 5.64. The van der Waals surface area contributed by atoms with Crippen molar-refractivity contribution >= 4 is 50.9 Å². The Kier molecular flexibility index (Phi) is 7.80. The van der Waals surface area contributed by atoms with Crippen LogP contribution in [-0.4, -0.2) is 26.4 Å². The SMILES string of the molecule is CCn1c(COc2ccccc2Cl)nnc1SCC(=O)Nc1c(C)cc(Br)cc1C. The molecule has 9 heteroatoms. The molecule has 0 aliphatic carbocycles. The number of thioether (sulfide) groups is 1. The first-order valence-corrected chi connectivity index (χ1v) is 11.5. The van der Waals surface area contributed by atoms with Crippen LogP contribution in [0.5, 0.6) is 5.75 Å². The van der Waals surface area contributed by atoms with E-state index in [0.717, 1.165) is 21.3 Å². The lowest BCUT2D eigenvalue weighted by molar-refractivity contribution is -0.113. The predicted molar refractivity (Wildman–Crippen MR) is 124 cm³/mol. The molecular weight excluding hydrogens is 488 g/mol. The van der Waals surface area contributed by atoms with Gasteiger partial charge in [0, 0.05) is 16.7 Å². The zero-order valence-corrected chi connectivity index (χ0v) is 20.1. The third kappa shape index (κ3) is 5.56. The third-order valence-corrected chi connectivity index (χ3v) is 6.13. The van der Waals surface area contributed by atoms with Crippen molar-refractivity contribution in [1.82, 2.24) is 14.8 Å². The minimum absolute atomic E-state index is 0.0898. The molecule has 0 saturated heterocycles. The lowest BCUT2D eigenvalue weighted by Gasteiger charge is -2.12. The van der Waals surface area contributed by atoms with Crippen LogP contribution in [0.25, 0.3) is 0 Å². The van der Waals surface area contributed by atoms with Gasteiger partial charge in [-0.05, 0) is 56.2 Å². The van der Waals surface area contributed by atoms with Gasteiger partial charge in [-0.3, -0.25) is 4.79 Å². The number of halogens is 2. The van der Waals surface area contributed by atoms with Crippen molar-refractivity contribution < 1.29 is 9.53 Å². The van der Waals surface area contributed by atoms with E-state index in [1.54, 1.807) is 12.1 Å². The normalized spacial score (nSPS) is 10.8. The molecule has 0 atom stereocenters. The van der Waals surface area contributed by atoms with E-state index < -0.39 is 0 Å². The first-order valence-electron chi connectivity index (χ1n) is 9.37. The summed E-state index contributed by atoms with van der Waals surface area (Å²) in [6, 6.07) is 11.3. The molecule has 0 spiro atoms. The number of aryl methyl sites for hydroxylation is 2. The molecule has 1 heterocycles. The summed E-state index contributed by atoms with van der Waals surface area (Å²) in [6.45, 7) is 6.86. The number of para-hydroxylation sites is 1. The van der Waals surface area contributed by atoms with Gasteiger partial charge in [-0.2, -0.15) is 0 Å². The smallest absolute Gasteiger partial charge is 0.234 e. The summed E-state index contributed by atoms with van der Waals surface area (Å²) in [5.74, 6) is 1.42. The highest BCUT2D eigenvalue weighted by Gasteiger charge is 2.15. The van der Waals surface area contributed by atoms with Crippen molar-refractivity contribution in [3.05, 3.63) is 62.8 Å². The topological polar surface area (TPSA) is 69.0 Å². The number of ether oxygens (including phenoxy) is 1. The molecule has 0 fully saturated rings. The van der Waals surface area contributed by atoms with Crippen LogP contribution in [0.1, 0.15) is 23.9 Å². The van der Waals surface area contributed by atoms with E-state index in [4.69, 9.17) is 16.3 Å². The molecule has 3 rings (SSSR count).